The van der Waals surface area contributed by atoms with Gasteiger partial charge in [0.1, 0.15) is 5.82 Å². The fraction of sp³-hybridized carbons (Fsp3) is 0.500. The fourth-order valence-corrected chi connectivity index (χ4v) is 2.06. The summed E-state index contributed by atoms with van der Waals surface area (Å²) in [5.74, 6) is -1.14. The molecule has 0 aliphatic carbocycles. The fourth-order valence-electron chi connectivity index (χ4n) is 2.06. The second kappa shape index (κ2) is 9.91. The normalized spacial score (nSPS) is 13.2. The third kappa shape index (κ3) is 6.75. The van der Waals surface area contributed by atoms with Crippen molar-refractivity contribution in [1.29, 1.82) is 0 Å². The number of benzene rings is 1. The minimum absolute atomic E-state index is 0.0362. The van der Waals surface area contributed by atoms with Crippen LogP contribution < -0.4 is 11.1 Å². The highest BCUT2D eigenvalue weighted by Crippen LogP contribution is 2.18. The molecular weight excluding hydrogens is 303 g/mol. The molecule has 2 unspecified atom stereocenters. The number of amides is 1. The summed E-state index contributed by atoms with van der Waals surface area (Å²) < 4.78 is 23.0. The van der Waals surface area contributed by atoms with Crippen molar-refractivity contribution in [2.45, 2.75) is 31.9 Å². The van der Waals surface area contributed by atoms with E-state index in [4.69, 9.17) is 15.2 Å². The van der Waals surface area contributed by atoms with Crippen LogP contribution in [0.1, 0.15) is 31.4 Å². The van der Waals surface area contributed by atoms with Gasteiger partial charge in [0.2, 0.25) is 5.91 Å². The molecule has 7 heteroatoms. The van der Waals surface area contributed by atoms with Gasteiger partial charge in [-0.15, -0.1) is 0 Å². The third-order valence-electron chi connectivity index (χ3n) is 3.29. The topological polar surface area (TPSA) is 90.7 Å². The lowest BCUT2D eigenvalue weighted by molar-refractivity contribution is -0.143. The Bertz CT molecular complexity index is 503. The molecule has 1 rings (SSSR count). The van der Waals surface area contributed by atoms with Gasteiger partial charge in [-0.25, -0.2) is 4.39 Å². The molecule has 0 aromatic heterocycles. The maximum atomic E-state index is 13.1. The minimum atomic E-state index is -0.600. The number of nitrogens with one attached hydrogen (secondary N) is 1. The van der Waals surface area contributed by atoms with Gasteiger partial charge >= 0.3 is 5.97 Å². The summed E-state index contributed by atoms with van der Waals surface area (Å²) in [5.41, 5.74) is 6.11. The van der Waals surface area contributed by atoms with Gasteiger partial charge in [-0.1, -0.05) is 12.1 Å². The first-order chi connectivity index (χ1) is 11.0. The van der Waals surface area contributed by atoms with E-state index < -0.39 is 23.9 Å². The van der Waals surface area contributed by atoms with E-state index in [1.807, 2.05) is 0 Å². The van der Waals surface area contributed by atoms with E-state index in [-0.39, 0.29) is 31.9 Å². The Hall–Kier alpha value is -1.99. The Morgan fingerprint density at radius 3 is 2.43 bits per heavy atom. The summed E-state index contributed by atoms with van der Waals surface area (Å²) in [7, 11) is 1.47. The van der Waals surface area contributed by atoms with Crippen molar-refractivity contribution in [2.75, 3.05) is 20.3 Å². The highest BCUT2D eigenvalue weighted by molar-refractivity contribution is 5.78. The number of halogens is 1. The first-order valence-electron chi connectivity index (χ1n) is 7.43. The van der Waals surface area contributed by atoms with Gasteiger partial charge in [-0.05, 0) is 24.6 Å². The largest absolute Gasteiger partial charge is 0.466 e. The van der Waals surface area contributed by atoms with E-state index in [0.29, 0.717) is 5.56 Å². The van der Waals surface area contributed by atoms with Crippen LogP contribution >= 0.6 is 0 Å². The summed E-state index contributed by atoms with van der Waals surface area (Å²) in [5, 5.41) is 2.74. The van der Waals surface area contributed by atoms with Gasteiger partial charge in [0.15, 0.2) is 0 Å². The van der Waals surface area contributed by atoms with Crippen molar-refractivity contribution in [2.24, 2.45) is 5.73 Å². The average molecular weight is 326 g/mol. The molecule has 0 radical (unpaired) electrons. The molecule has 6 nitrogen and oxygen atoms in total. The molecule has 0 saturated carbocycles. The lowest BCUT2D eigenvalue weighted by Gasteiger charge is -2.20. The minimum Gasteiger partial charge on any atom is -0.466 e. The number of methoxy groups -OCH3 is 1. The number of ether oxygens (including phenoxy) is 2. The monoisotopic (exact) mass is 326 g/mol. The first-order valence-corrected chi connectivity index (χ1v) is 7.43. The Balaban J connectivity index is 2.80. The third-order valence-corrected chi connectivity index (χ3v) is 3.29. The highest BCUT2D eigenvalue weighted by atomic mass is 19.1. The molecule has 0 heterocycles. The molecule has 0 bridgehead atoms. The van der Waals surface area contributed by atoms with E-state index >= 15 is 0 Å². The standard InChI is InChI=1S/C16H23FN2O4/c1-3-23-16(21)9-14(11-4-6-12(17)7-5-11)19-15(20)8-13(10-18)22-2/h4-7,13-14H,3,8-10,18H2,1-2H3,(H,19,20). The maximum absolute atomic E-state index is 13.1. The van der Waals surface area contributed by atoms with Crippen LogP contribution in [0.5, 0.6) is 0 Å². The van der Waals surface area contributed by atoms with Crippen LogP contribution in [0.2, 0.25) is 0 Å². The van der Waals surface area contributed by atoms with Gasteiger partial charge < -0.3 is 20.5 Å². The molecule has 1 aromatic rings. The summed E-state index contributed by atoms with van der Waals surface area (Å²) in [6, 6.07) is 5.00. The molecule has 0 fully saturated rings. The van der Waals surface area contributed by atoms with Gasteiger partial charge in [-0.3, -0.25) is 9.59 Å². The lowest BCUT2D eigenvalue weighted by Crippen LogP contribution is -2.35. The number of nitrogens with two attached hydrogens (primary N) is 1. The molecule has 1 aromatic carbocycles. The molecule has 0 aliphatic heterocycles. The van der Waals surface area contributed by atoms with Gasteiger partial charge in [0, 0.05) is 13.7 Å². The van der Waals surface area contributed by atoms with Crippen LogP contribution in [0.4, 0.5) is 4.39 Å². The number of hydrogen-bond acceptors (Lipinski definition) is 5. The van der Waals surface area contributed by atoms with Crippen LogP contribution in [0, 0.1) is 5.82 Å². The van der Waals surface area contributed by atoms with Crippen LogP contribution in [0.3, 0.4) is 0 Å². The Morgan fingerprint density at radius 2 is 1.91 bits per heavy atom. The summed E-state index contributed by atoms with van der Waals surface area (Å²) in [6.07, 6.45) is -0.356. The van der Waals surface area contributed by atoms with E-state index in [1.165, 1.54) is 31.4 Å². The number of carbonyl (C=O) groups excluding carboxylic acids is 2. The van der Waals surface area contributed by atoms with E-state index in [1.54, 1.807) is 6.92 Å². The highest BCUT2D eigenvalue weighted by Gasteiger charge is 2.21. The molecule has 3 N–H and O–H groups in total. The number of carbonyl (C=O) groups is 2. The van der Waals surface area contributed by atoms with Crippen molar-refractivity contribution in [3.8, 4) is 0 Å². The Kier molecular flexibility index (Phi) is 8.21. The van der Waals surface area contributed by atoms with Crippen LogP contribution in [-0.2, 0) is 19.1 Å². The predicted molar refractivity (Wildman–Crippen MR) is 83.0 cm³/mol. The lowest BCUT2D eigenvalue weighted by atomic mass is 10.0. The van der Waals surface area contributed by atoms with E-state index in [9.17, 15) is 14.0 Å². The van der Waals surface area contributed by atoms with Crippen LogP contribution in [0.15, 0.2) is 24.3 Å². The van der Waals surface area contributed by atoms with Gasteiger partial charge in [0.05, 0.1) is 31.6 Å². The van der Waals surface area contributed by atoms with Gasteiger partial charge in [-0.2, -0.15) is 0 Å². The van der Waals surface area contributed by atoms with Crippen molar-refractivity contribution in [3.63, 3.8) is 0 Å². The predicted octanol–water partition coefficient (Wildman–Crippen LogP) is 1.30. The van der Waals surface area contributed by atoms with Crippen molar-refractivity contribution < 1.29 is 23.5 Å². The number of hydrogen-bond donors (Lipinski definition) is 2. The Morgan fingerprint density at radius 1 is 1.26 bits per heavy atom. The molecule has 0 saturated heterocycles. The summed E-state index contributed by atoms with van der Waals surface area (Å²) in [4.78, 5) is 23.8. The molecule has 1 amide bonds. The van der Waals surface area contributed by atoms with Crippen molar-refractivity contribution >= 4 is 11.9 Å². The molecular formula is C16H23FN2O4. The molecule has 128 valence electrons. The smallest absolute Gasteiger partial charge is 0.308 e. The number of rotatable bonds is 9. The van der Waals surface area contributed by atoms with Gasteiger partial charge in [0.25, 0.3) is 0 Å². The second-order valence-electron chi connectivity index (χ2n) is 4.98. The first kappa shape index (κ1) is 19.1. The van der Waals surface area contributed by atoms with Crippen LogP contribution in [0.25, 0.3) is 0 Å². The maximum Gasteiger partial charge on any atom is 0.308 e. The average Bonchev–Trinajstić information content (AvgIpc) is 2.53. The SMILES string of the molecule is CCOC(=O)CC(NC(=O)CC(CN)OC)c1ccc(F)cc1. The quantitative estimate of drug-likeness (QED) is 0.668. The van der Waals surface area contributed by atoms with Crippen molar-refractivity contribution in [1.82, 2.24) is 5.32 Å². The molecule has 0 spiro atoms. The zero-order chi connectivity index (χ0) is 17.2. The zero-order valence-corrected chi connectivity index (χ0v) is 13.4. The number of esters is 1. The van der Waals surface area contributed by atoms with E-state index in [0.717, 1.165) is 0 Å². The molecule has 2 atom stereocenters. The Labute approximate surface area is 135 Å². The second-order valence-corrected chi connectivity index (χ2v) is 4.98. The summed E-state index contributed by atoms with van der Waals surface area (Å²) >= 11 is 0. The molecule has 23 heavy (non-hydrogen) atoms. The zero-order valence-electron chi connectivity index (χ0n) is 13.4. The van der Waals surface area contributed by atoms with Crippen LogP contribution in [-0.4, -0.2) is 38.2 Å². The van der Waals surface area contributed by atoms with E-state index in [2.05, 4.69) is 5.32 Å². The van der Waals surface area contributed by atoms with Crippen molar-refractivity contribution in [3.05, 3.63) is 35.6 Å². The summed E-state index contributed by atoms with van der Waals surface area (Å²) in [6.45, 7) is 2.17. The molecule has 0 aliphatic rings.